The highest BCUT2D eigenvalue weighted by atomic mass is 35.5. The Labute approximate surface area is 218 Å². The summed E-state index contributed by atoms with van der Waals surface area (Å²) in [4.78, 5) is 17.7. The van der Waals surface area contributed by atoms with Crippen molar-refractivity contribution < 1.29 is 17.9 Å². The zero-order chi connectivity index (χ0) is 26.6. The Hall–Kier alpha value is -3.96. The minimum absolute atomic E-state index is 0.0128. The van der Waals surface area contributed by atoms with Crippen LogP contribution < -0.4 is 11.3 Å². The Balaban J connectivity index is 1.58. The average molecular weight is 541 g/mol. The Morgan fingerprint density at radius 1 is 1.05 bits per heavy atom. The molecule has 2 aromatic carbocycles. The van der Waals surface area contributed by atoms with Crippen LogP contribution in [0, 0.1) is 0 Å². The van der Waals surface area contributed by atoms with Crippen LogP contribution >= 0.6 is 11.6 Å². The fourth-order valence-electron chi connectivity index (χ4n) is 4.78. The van der Waals surface area contributed by atoms with Crippen molar-refractivity contribution in [1.82, 2.24) is 24.5 Å². The Kier molecular flexibility index (Phi) is 5.84. The molecule has 38 heavy (non-hydrogen) atoms. The Morgan fingerprint density at radius 2 is 1.84 bits per heavy atom. The standard InChI is InChI=1S/C26H20ClF3N6O2/c27-15-5-7-16(8-6-15)35-24-17(9-11-20(32-24)26(28,29)30)23(31)22(25(35)37)14-4-10-19-18(13-14)33-34-36(19)21-3-1-2-12-38-21/h4-11,13,21H,1-3,12,31H2. The second-order valence-electron chi connectivity index (χ2n) is 9.03. The van der Waals surface area contributed by atoms with E-state index in [0.717, 1.165) is 35.4 Å². The molecule has 5 aromatic rings. The number of aromatic nitrogens is 5. The number of fused-ring (bicyclic) bond motifs is 2. The molecule has 6 rings (SSSR count). The van der Waals surface area contributed by atoms with Crippen molar-refractivity contribution in [1.29, 1.82) is 0 Å². The normalized spacial score (nSPS) is 16.4. The molecule has 0 saturated carbocycles. The average Bonchev–Trinajstić information content (AvgIpc) is 3.33. The highest BCUT2D eigenvalue weighted by molar-refractivity contribution is 6.30. The first-order valence-electron chi connectivity index (χ1n) is 11.9. The number of benzene rings is 2. The molecule has 1 aliphatic heterocycles. The van der Waals surface area contributed by atoms with Gasteiger partial charge in [0.1, 0.15) is 16.9 Å². The summed E-state index contributed by atoms with van der Waals surface area (Å²) in [5.41, 5.74) is 6.57. The van der Waals surface area contributed by atoms with Gasteiger partial charge in [-0.05, 0) is 73.4 Å². The molecule has 0 bridgehead atoms. The van der Waals surface area contributed by atoms with Crippen LogP contribution in [0.25, 0.3) is 38.9 Å². The maximum absolute atomic E-state index is 13.9. The molecule has 1 atom stereocenters. The first kappa shape index (κ1) is 24.4. The van der Waals surface area contributed by atoms with Crippen LogP contribution in [-0.4, -0.2) is 31.2 Å². The van der Waals surface area contributed by atoms with Gasteiger partial charge in [0, 0.05) is 17.0 Å². The largest absolute Gasteiger partial charge is 0.433 e. The lowest BCUT2D eigenvalue weighted by atomic mass is 10.0. The molecule has 12 heteroatoms. The predicted octanol–water partition coefficient (Wildman–Crippen LogP) is 5.75. The molecule has 0 radical (unpaired) electrons. The fraction of sp³-hybridized carbons (Fsp3) is 0.231. The first-order valence-corrected chi connectivity index (χ1v) is 12.3. The summed E-state index contributed by atoms with van der Waals surface area (Å²) >= 11 is 6.01. The first-order chi connectivity index (χ1) is 18.2. The minimum Gasteiger partial charge on any atom is -0.397 e. The van der Waals surface area contributed by atoms with Crippen molar-refractivity contribution in [3.05, 3.63) is 75.7 Å². The van der Waals surface area contributed by atoms with Crippen LogP contribution in [0.3, 0.4) is 0 Å². The van der Waals surface area contributed by atoms with E-state index in [2.05, 4.69) is 15.3 Å². The minimum atomic E-state index is -4.71. The molecule has 4 heterocycles. The predicted molar refractivity (Wildman–Crippen MR) is 137 cm³/mol. The van der Waals surface area contributed by atoms with Crippen LogP contribution in [0.2, 0.25) is 5.02 Å². The third-order valence-corrected chi connectivity index (χ3v) is 6.88. The number of hydrogen-bond donors (Lipinski definition) is 1. The highest BCUT2D eigenvalue weighted by Crippen LogP contribution is 2.35. The van der Waals surface area contributed by atoms with Gasteiger partial charge in [0.15, 0.2) is 6.23 Å². The van der Waals surface area contributed by atoms with Gasteiger partial charge in [-0.1, -0.05) is 22.9 Å². The van der Waals surface area contributed by atoms with Gasteiger partial charge in [0.2, 0.25) is 0 Å². The van der Waals surface area contributed by atoms with Crippen molar-refractivity contribution in [2.75, 3.05) is 12.3 Å². The van der Waals surface area contributed by atoms with E-state index in [9.17, 15) is 18.0 Å². The van der Waals surface area contributed by atoms with Crippen LogP contribution in [0.4, 0.5) is 18.9 Å². The Morgan fingerprint density at radius 3 is 2.55 bits per heavy atom. The van der Waals surface area contributed by atoms with Crippen LogP contribution in [0.5, 0.6) is 0 Å². The van der Waals surface area contributed by atoms with Gasteiger partial charge in [-0.25, -0.2) is 9.67 Å². The maximum Gasteiger partial charge on any atom is 0.433 e. The second kappa shape index (κ2) is 9.10. The number of anilines is 1. The third kappa shape index (κ3) is 4.07. The summed E-state index contributed by atoms with van der Waals surface area (Å²) in [6.07, 6.45) is -2.10. The van der Waals surface area contributed by atoms with Crippen molar-refractivity contribution in [2.45, 2.75) is 31.7 Å². The van der Waals surface area contributed by atoms with E-state index in [4.69, 9.17) is 22.1 Å². The molecular weight excluding hydrogens is 521 g/mol. The van der Waals surface area contributed by atoms with E-state index < -0.39 is 17.4 Å². The smallest absolute Gasteiger partial charge is 0.397 e. The summed E-state index contributed by atoms with van der Waals surface area (Å²) in [6.45, 7) is 0.645. The topological polar surface area (TPSA) is 101 Å². The molecule has 1 saturated heterocycles. The van der Waals surface area contributed by atoms with E-state index in [0.29, 0.717) is 28.4 Å². The summed E-state index contributed by atoms with van der Waals surface area (Å²) in [5, 5.41) is 9.11. The van der Waals surface area contributed by atoms with Gasteiger partial charge in [-0.15, -0.1) is 5.10 Å². The summed E-state index contributed by atoms with van der Waals surface area (Å²) < 4.78 is 49.2. The summed E-state index contributed by atoms with van der Waals surface area (Å²) in [5.74, 6) is 0. The molecule has 8 nitrogen and oxygen atoms in total. The molecular formula is C26H20ClF3N6O2. The lowest BCUT2D eigenvalue weighted by Gasteiger charge is -2.22. The quantitative estimate of drug-likeness (QED) is 0.313. The lowest BCUT2D eigenvalue weighted by Crippen LogP contribution is -2.24. The lowest BCUT2D eigenvalue weighted by molar-refractivity contribution is -0.141. The molecule has 0 spiro atoms. The van der Waals surface area contributed by atoms with E-state index in [1.807, 2.05) is 0 Å². The summed E-state index contributed by atoms with van der Waals surface area (Å²) in [7, 11) is 0. The number of ether oxygens (including phenoxy) is 1. The van der Waals surface area contributed by atoms with Crippen molar-refractivity contribution in [3.63, 3.8) is 0 Å². The highest BCUT2D eigenvalue weighted by Gasteiger charge is 2.33. The molecule has 2 N–H and O–H groups in total. The molecule has 0 aliphatic carbocycles. The van der Waals surface area contributed by atoms with E-state index >= 15 is 0 Å². The van der Waals surface area contributed by atoms with Gasteiger partial charge < -0.3 is 10.5 Å². The van der Waals surface area contributed by atoms with Crippen molar-refractivity contribution in [2.24, 2.45) is 0 Å². The molecule has 1 aliphatic rings. The molecule has 1 fully saturated rings. The zero-order valence-corrected chi connectivity index (χ0v) is 20.5. The van der Waals surface area contributed by atoms with Gasteiger partial charge in [-0.2, -0.15) is 13.2 Å². The fourth-order valence-corrected chi connectivity index (χ4v) is 4.91. The van der Waals surface area contributed by atoms with Crippen LogP contribution in [0.1, 0.15) is 31.2 Å². The molecule has 0 amide bonds. The number of pyridine rings is 2. The number of alkyl halides is 3. The maximum atomic E-state index is 13.9. The number of hydrogen-bond acceptors (Lipinski definition) is 6. The van der Waals surface area contributed by atoms with Gasteiger partial charge in [0.05, 0.1) is 22.5 Å². The number of rotatable bonds is 3. The number of nitrogens with two attached hydrogens (primary N) is 1. The van der Waals surface area contributed by atoms with Gasteiger partial charge in [-0.3, -0.25) is 9.36 Å². The van der Waals surface area contributed by atoms with Crippen LogP contribution in [-0.2, 0) is 10.9 Å². The molecule has 3 aromatic heterocycles. The number of nitrogen functional groups attached to an aromatic ring is 1. The van der Waals surface area contributed by atoms with Gasteiger partial charge >= 0.3 is 6.18 Å². The number of nitrogens with zero attached hydrogens (tertiary/aromatic N) is 5. The van der Waals surface area contributed by atoms with Crippen molar-refractivity contribution in [3.8, 4) is 16.8 Å². The van der Waals surface area contributed by atoms with Crippen LogP contribution in [0.15, 0.2) is 59.4 Å². The Bertz CT molecular complexity index is 1740. The molecule has 1 unspecified atom stereocenters. The molecule has 194 valence electrons. The SMILES string of the molecule is Nc1c(-c2ccc3c(c2)nnn3C2CCCCO2)c(=O)n(-c2ccc(Cl)cc2)c2nc(C(F)(F)F)ccc12. The monoisotopic (exact) mass is 540 g/mol. The van der Waals surface area contributed by atoms with E-state index in [1.54, 1.807) is 22.9 Å². The van der Waals surface area contributed by atoms with E-state index in [1.165, 1.54) is 30.3 Å². The number of halogens is 4. The zero-order valence-electron chi connectivity index (χ0n) is 19.7. The van der Waals surface area contributed by atoms with Crippen molar-refractivity contribution >= 4 is 39.4 Å². The second-order valence-corrected chi connectivity index (χ2v) is 9.47. The third-order valence-electron chi connectivity index (χ3n) is 6.63. The van der Waals surface area contributed by atoms with Gasteiger partial charge in [0.25, 0.3) is 5.56 Å². The van der Waals surface area contributed by atoms with E-state index in [-0.39, 0.29) is 28.5 Å². The summed E-state index contributed by atoms with van der Waals surface area (Å²) in [6, 6.07) is 13.4.